The van der Waals surface area contributed by atoms with E-state index >= 15 is 0 Å². The zero-order chi connectivity index (χ0) is 25.4. The number of nitrogens with zero attached hydrogens (tertiary/aromatic N) is 1. The van der Waals surface area contributed by atoms with E-state index in [1.54, 1.807) is 4.90 Å². The highest BCUT2D eigenvalue weighted by molar-refractivity contribution is 7.80. The van der Waals surface area contributed by atoms with E-state index in [2.05, 4.69) is 10.6 Å². The number of carbonyl (C=O) groups is 2. The lowest BCUT2D eigenvalue weighted by Crippen LogP contribution is -2.52. The van der Waals surface area contributed by atoms with E-state index in [0.29, 0.717) is 29.6 Å². The number of halogens is 1. The molecule has 2 N–H and O–H groups in total. The Morgan fingerprint density at radius 3 is 2.31 bits per heavy atom. The third-order valence-electron chi connectivity index (χ3n) is 6.82. The highest BCUT2D eigenvalue weighted by atomic mass is 32.1. The average Bonchev–Trinajstić information content (AvgIpc) is 2.81. The third kappa shape index (κ3) is 9.06. The van der Waals surface area contributed by atoms with Gasteiger partial charge in [-0.05, 0) is 76.6 Å². The van der Waals surface area contributed by atoms with E-state index in [0.717, 1.165) is 25.7 Å². The van der Waals surface area contributed by atoms with Gasteiger partial charge in [0.15, 0.2) is 0 Å². The van der Waals surface area contributed by atoms with Crippen LogP contribution in [0.5, 0.6) is 0 Å². The predicted molar refractivity (Wildman–Crippen MR) is 140 cm³/mol. The molecule has 6 nitrogen and oxygen atoms in total. The molecular formula is C27H40FN3O3S. The predicted octanol–water partition coefficient (Wildman–Crippen LogP) is 5.60. The number of amides is 2. The first-order valence-corrected chi connectivity index (χ1v) is 13.4. The quantitative estimate of drug-likeness (QED) is 0.472. The number of ether oxygens (including phenoxy) is 1. The molecule has 35 heavy (non-hydrogen) atoms. The summed E-state index contributed by atoms with van der Waals surface area (Å²) < 4.78 is 18.7. The van der Waals surface area contributed by atoms with Crippen molar-refractivity contribution in [1.29, 1.82) is 0 Å². The van der Waals surface area contributed by atoms with Gasteiger partial charge >= 0.3 is 6.09 Å². The highest BCUT2D eigenvalue weighted by Crippen LogP contribution is 2.28. The van der Waals surface area contributed by atoms with Crippen LogP contribution in [-0.2, 0) is 4.74 Å². The van der Waals surface area contributed by atoms with Crippen LogP contribution in [0.2, 0.25) is 0 Å². The van der Waals surface area contributed by atoms with E-state index in [4.69, 9.17) is 17.0 Å². The van der Waals surface area contributed by atoms with E-state index in [1.165, 1.54) is 56.4 Å². The van der Waals surface area contributed by atoms with Crippen LogP contribution in [0.25, 0.3) is 0 Å². The van der Waals surface area contributed by atoms with Crippen LogP contribution >= 0.6 is 12.2 Å². The standard InChI is InChI=1S/C27H40FN3O3S/c1-27(2,3)34-26(33)30-23(14-9-19-7-5-4-6-8-19)24(35)29-22-15-17-31(18-16-22)25(32)20-10-12-21(28)13-11-20/h10-13,19,22-23H,4-9,14-18H2,1-3H3,(H,29,35)(H,30,33)/t23-/m1/s1. The molecule has 1 saturated carbocycles. The number of thiocarbonyl (C=S) groups is 1. The van der Waals surface area contributed by atoms with Crippen LogP contribution in [0, 0.1) is 11.7 Å². The second-order valence-electron chi connectivity index (χ2n) is 10.9. The van der Waals surface area contributed by atoms with Gasteiger partial charge in [0, 0.05) is 24.7 Å². The van der Waals surface area contributed by atoms with Crippen molar-refractivity contribution in [3.05, 3.63) is 35.6 Å². The summed E-state index contributed by atoms with van der Waals surface area (Å²) in [6.07, 6.45) is 9.28. The van der Waals surface area contributed by atoms with Crippen molar-refractivity contribution in [2.75, 3.05) is 13.1 Å². The Labute approximate surface area is 214 Å². The van der Waals surface area contributed by atoms with Gasteiger partial charge in [0.1, 0.15) is 11.4 Å². The summed E-state index contributed by atoms with van der Waals surface area (Å²) in [4.78, 5) is 27.7. The summed E-state index contributed by atoms with van der Waals surface area (Å²) in [5.41, 5.74) is -0.0746. The van der Waals surface area contributed by atoms with Gasteiger partial charge in [-0.2, -0.15) is 0 Å². The summed E-state index contributed by atoms with van der Waals surface area (Å²) in [6, 6.07) is 5.53. The molecule has 1 aliphatic heterocycles. The number of piperidine rings is 1. The van der Waals surface area contributed by atoms with E-state index < -0.39 is 11.7 Å². The maximum atomic E-state index is 13.2. The Kier molecular flexibility index (Phi) is 9.89. The van der Waals surface area contributed by atoms with Gasteiger partial charge in [0.25, 0.3) is 5.91 Å². The van der Waals surface area contributed by atoms with Crippen molar-refractivity contribution < 1.29 is 18.7 Å². The lowest BCUT2D eigenvalue weighted by molar-refractivity contribution is 0.0513. The van der Waals surface area contributed by atoms with Crippen molar-refractivity contribution in [2.24, 2.45) is 5.92 Å². The van der Waals surface area contributed by atoms with E-state index in [9.17, 15) is 14.0 Å². The minimum Gasteiger partial charge on any atom is -0.444 e. The Balaban J connectivity index is 1.53. The van der Waals surface area contributed by atoms with Crippen molar-refractivity contribution >= 4 is 29.2 Å². The molecule has 1 atom stereocenters. The molecule has 8 heteroatoms. The normalized spacial score (nSPS) is 18.6. The number of alkyl carbamates (subject to hydrolysis) is 1. The first-order chi connectivity index (χ1) is 16.6. The molecule has 1 aliphatic carbocycles. The number of nitrogens with one attached hydrogen (secondary N) is 2. The summed E-state index contributed by atoms with van der Waals surface area (Å²) in [7, 11) is 0. The van der Waals surface area contributed by atoms with Gasteiger partial charge in [0.05, 0.1) is 11.0 Å². The second kappa shape index (κ2) is 12.7. The molecule has 2 aliphatic rings. The molecule has 0 aromatic heterocycles. The van der Waals surface area contributed by atoms with Crippen LogP contribution in [0.1, 0.15) is 88.9 Å². The first-order valence-electron chi connectivity index (χ1n) is 13.0. The number of rotatable bonds is 7. The molecule has 0 radical (unpaired) electrons. The molecule has 0 bridgehead atoms. The van der Waals surface area contributed by atoms with Crippen LogP contribution in [0.3, 0.4) is 0 Å². The van der Waals surface area contributed by atoms with Crippen LogP contribution in [0.15, 0.2) is 24.3 Å². The van der Waals surface area contributed by atoms with Crippen LogP contribution in [0.4, 0.5) is 9.18 Å². The minimum atomic E-state index is -0.572. The Morgan fingerprint density at radius 1 is 1.09 bits per heavy atom. The number of hydrogen-bond acceptors (Lipinski definition) is 4. The Morgan fingerprint density at radius 2 is 1.71 bits per heavy atom. The SMILES string of the molecule is CC(C)(C)OC(=O)N[C@H](CCC1CCCCC1)C(=S)NC1CCN(C(=O)c2ccc(F)cc2)CC1. The highest BCUT2D eigenvalue weighted by Gasteiger charge is 2.28. The fourth-order valence-electron chi connectivity index (χ4n) is 4.90. The molecule has 2 fully saturated rings. The number of carbonyl (C=O) groups excluding carboxylic acids is 2. The average molecular weight is 506 g/mol. The maximum absolute atomic E-state index is 13.2. The first kappa shape index (κ1) is 27.4. The number of hydrogen-bond donors (Lipinski definition) is 2. The molecule has 1 saturated heterocycles. The summed E-state index contributed by atoms with van der Waals surface area (Å²) in [5.74, 6) is 0.258. The van der Waals surface area contributed by atoms with E-state index in [-0.39, 0.29) is 23.8 Å². The van der Waals surface area contributed by atoms with Crippen LogP contribution in [-0.4, -0.2) is 52.7 Å². The van der Waals surface area contributed by atoms with Gasteiger partial charge in [-0.3, -0.25) is 4.79 Å². The van der Waals surface area contributed by atoms with Crippen LogP contribution < -0.4 is 10.6 Å². The maximum Gasteiger partial charge on any atom is 0.408 e. The van der Waals surface area contributed by atoms with Gasteiger partial charge < -0.3 is 20.3 Å². The smallest absolute Gasteiger partial charge is 0.408 e. The molecule has 1 heterocycles. The number of likely N-dealkylation sites (tertiary alicyclic amines) is 1. The third-order valence-corrected chi connectivity index (χ3v) is 7.22. The van der Waals surface area contributed by atoms with E-state index in [1.807, 2.05) is 20.8 Å². The van der Waals surface area contributed by atoms with Gasteiger partial charge in [0.2, 0.25) is 0 Å². The summed E-state index contributed by atoms with van der Waals surface area (Å²) >= 11 is 5.76. The fourth-order valence-corrected chi connectivity index (χ4v) is 5.24. The van der Waals surface area contributed by atoms with Crippen molar-refractivity contribution in [2.45, 2.75) is 96.2 Å². The monoisotopic (exact) mass is 505 g/mol. The number of benzene rings is 1. The molecule has 1 aromatic rings. The van der Waals surface area contributed by atoms with Gasteiger partial charge in [-0.25, -0.2) is 9.18 Å². The largest absolute Gasteiger partial charge is 0.444 e. The Bertz CT molecular complexity index is 857. The molecule has 0 spiro atoms. The second-order valence-corrected chi connectivity index (χ2v) is 11.3. The molecule has 2 amide bonds. The molecule has 1 aromatic carbocycles. The summed E-state index contributed by atoms with van der Waals surface area (Å²) in [6.45, 7) is 6.75. The lowest BCUT2D eigenvalue weighted by Gasteiger charge is -2.34. The fraction of sp³-hybridized carbons (Fsp3) is 0.667. The van der Waals surface area contributed by atoms with Crippen molar-refractivity contribution in [1.82, 2.24) is 15.5 Å². The molecular weight excluding hydrogens is 465 g/mol. The lowest BCUT2D eigenvalue weighted by atomic mass is 9.85. The Hall–Kier alpha value is -2.22. The molecule has 0 unspecified atom stereocenters. The molecule has 3 rings (SSSR count). The zero-order valence-corrected chi connectivity index (χ0v) is 22.1. The van der Waals surface area contributed by atoms with Gasteiger partial charge in [-0.1, -0.05) is 44.3 Å². The topological polar surface area (TPSA) is 70.7 Å². The van der Waals surface area contributed by atoms with Gasteiger partial charge in [-0.15, -0.1) is 0 Å². The zero-order valence-electron chi connectivity index (χ0n) is 21.3. The van der Waals surface area contributed by atoms with Crippen molar-refractivity contribution in [3.8, 4) is 0 Å². The summed E-state index contributed by atoms with van der Waals surface area (Å²) in [5, 5.41) is 6.45. The van der Waals surface area contributed by atoms with Crippen molar-refractivity contribution in [3.63, 3.8) is 0 Å². The molecule has 194 valence electrons. The minimum absolute atomic E-state index is 0.0806.